The van der Waals surface area contributed by atoms with Crippen LogP contribution in [0, 0.1) is 5.92 Å². The molecule has 1 heterocycles. The molecule has 1 aliphatic carbocycles. The van der Waals surface area contributed by atoms with Gasteiger partial charge >= 0.3 is 5.97 Å². The van der Waals surface area contributed by atoms with Gasteiger partial charge in [-0.15, -0.1) is 11.3 Å². The second-order valence-corrected chi connectivity index (χ2v) is 6.17. The minimum absolute atomic E-state index is 0.181. The third kappa shape index (κ3) is 3.29. The summed E-state index contributed by atoms with van der Waals surface area (Å²) in [5.74, 6) is -0.197. The van der Waals surface area contributed by atoms with E-state index in [0.29, 0.717) is 16.5 Å². The number of anilines is 2. The van der Waals surface area contributed by atoms with E-state index in [2.05, 4.69) is 10.6 Å². The Bertz CT molecular complexity index is 536. The van der Waals surface area contributed by atoms with Gasteiger partial charge in [0.1, 0.15) is 9.88 Å². The lowest BCUT2D eigenvalue weighted by Gasteiger charge is -2.11. The smallest absolute Gasteiger partial charge is 0.350 e. The van der Waals surface area contributed by atoms with Gasteiger partial charge in [-0.25, -0.2) is 4.79 Å². The normalized spacial score (nSPS) is 15.0. The lowest BCUT2D eigenvalue weighted by Crippen LogP contribution is -2.21. The largest absolute Gasteiger partial charge is 0.465 e. The predicted octanol–water partition coefficient (Wildman–Crippen LogP) is 2.08. The number of carbonyl (C=O) groups is 2. The number of nitrogens with two attached hydrogens (primary N) is 1. The molecule has 1 aromatic heterocycles. The lowest BCUT2D eigenvalue weighted by atomic mass is 10.1. The number of hydrogen-bond donors (Lipinski definition) is 3. The summed E-state index contributed by atoms with van der Waals surface area (Å²) in [5.41, 5.74) is 6.46. The standard InChI is InChI=1S/C14H21N3O3S/c1-16-12(18)9-10(15)11(14(19)20-2)21-13(9)17-7-8-5-3-4-6-8/h8,17H,3-7,15H2,1-2H3,(H,16,18). The molecule has 21 heavy (non-hydrogen) atoms. The zero-order valence-electron chi connectivity index (χ0n) is 12.3. The number of rotatable bonds is 5. The summed E-state index contributed by atoms with van der Waals surface area (Å²) >= 11 is 1.17. The number of thiophene rings is 1. The first-order chi connectivity index (χ1) is 10.1. The van der Waals surface area contributed by atoms with E-state index < -0.39 is 5.97 Å². The number of nitrogen functional groups attached to an aromatic ring is 1. The fourth-order valence-corrected chi connectivity index (χ4v) is 3.66. The van der Waals surface area contributed by atoms with Gasteiger partial charge in [0, 0.05) is 13.6 Å². The van der Waals surface area contributed by atoms with Crippen LogP contribution in [0.1, 0.15) is 45.7 Å². The van der Waals surface area contributed by atoms with Crippen molar-refractivity contribution in [1.82, 2.24) is 5.32 Å². The Hall–Kier alpha value is -1.76. The SMILES string of the molecule is CNC(=O)c1c(NCC2CCCC2)sc(C(=O)OC)c1N. The molecule has 7 heteroatoms. The van der Waals surface area contributed by atoms with E-state index in [4.69, 9.17) is 10.5 Å². The van der Waals surface area contributed by atoms with Crippen LogP contribution in [0.2, 0.25) is 0 Å². The van der Waals surface area contributed by atoms with E-state index in [-0.39, 0.29) is 16.5 Å². The molecule has 0 spiro atoms. The van der Waals surface area contributed by atoms with Crippen LogP contribution in [-0.4, -0.2) is 32.6 Å². The summed E-state index contributed by atoms with van der Waals surface area (Å²) in [6.07, 6.45) is 4.92. The Morgan fingerprint density at radius 3 is 2.62 bits per heavy atom. The Balaban J connectivity index is 2.24. The van der Waals surface area contributed by atoms with Gasteiger partial charge in [-0.2, -0.15) is 0 Å². The van der Waals surface area contributed by atoms with Gasteiger partial charge in [-0.3, -0.25) is 4.79 Å². The van der Waals surface area contributed by atoms with Crippen LogP contribution in [0.5, 0.6) is 0 Å². The van der Waals surface area contributed by atoms with Crippen LogP contribution in [0.3, 0.4) is 0 Å². The molecule has 0 radical (unpaired) electrons. The van der Waals surface area contributed by atoms with Gasteiger partial charge in [0.15, 0.2) is 0 Å². The molecule has 6 nitrogen and oxygen atoms in total. The molecular weight excluding hydrogens is 290 g/mol. The van der Waals surface area contributed by atoms with Gasteiger partial charge in [0.2, 0.25) is 0 Å². The predicted molar refractivity (Wildman–Crippen MR) is 83.9 cm³/mol. The molecular formula is C14H21N3O3S. The second kappa shape index (κ2) is 6.80. The van der Waals surface area contributed by atoms with Crippen molar-refractivity contribution in [1.29, 1.82) is 0 Å². The summed E-state index contributed by atoms with van der Waals surface area (Å²) in [5, 5.41) is 6.47. The lowest BCUT2D eigenvalue weighted by molar-refractivity contribution is 0.0607. The molecule has 1 saturated carbocycles. The highest BCUT2D eigenvalue weighted by Crippen LogP contribution is 2.37. The van der Waals surface area contributed by atoms with E-state index in [1.165, 1.54) is 51.2 Å². The summed E-state index contributed by atoms with van der Waals surface area (Å²) in [6.45, 7) is 0.796. The maximum Gasteiger partial charge on any atom is 0.350 e. The van der Waals surface area contributed by atoms with Crippen LogP contribution < -0.4 is 16.4 Å². The molecule has 4 N–H and O–H groups in total. The van der Waals surface area contributed by atoms with E-state index in [0.717, 1.165) is 6.54 Å². The monoisotopic (exact) mass is 311 g/mol. The molecule has 1 aromatic rings. The average molecular weight is 311 g/mol. The van der Waals surface area contributed by atoms with Crippen molar-refractivity contribution in [2.75, 3.05) is 31.8 Å². The van der Waals surface area contributed by atoms with Crippen LogP contribution in [0.25, 0.3) is 0 Å². The van der Waals surface area contributed by atoms with Crippen molar-refractivity contribution in [3.63, 3.8) is 0 Å². The van der Waals surface area contributed by atoms with Gasteiger partial charge < -0.3 is 21.1 Å². The van der Waals surface area contributed by atoms with Gasteiger partial charge in [0.25, 0.3) is 5.91 Å². The Labute approximate surface area is 128 Å². The molecule has 0 unspecified atom stereocenters. The number of nitrogens with one attached hydrogen (secondary N) is 2. The molecule has 1 fully saturated rings. The van der Waals surface area contributed by atoms with E-state index in [9.17, 15) is 9.59 Å². The number of methoxy groups -OCH3 is 1. The molecule has 0 bridgehead atoms. The molecule has 0 aliphatic heterocycles. The number of ether oxygens (including phenoxy) is 1. The van der Waals surface area contributed by atoms with Crippen molar-refractivity contribution in [3.8, 4) is 0 Å². The number of carbonyl (C=O) groups excluding carboxylic acids is 2. The summed E-state index contributed by atoms with van der Waals surface area (Å²) in [4.78, 5) is 24.0. The Kier molecular flexibility index (Phi) is 5.06. The van der Waals surface area contributed by atoms with Crippen molar-refractivity contribution in [3.05, 3.63) is 10.4 Å². The highest BCUT2D eigenvalue weighted by molar-refractivity contribution is 7.19. The number of hydrogen-bond acceptors (Lipinski definition) is 6. The zero-order valence-corrected chi connectivity index (χ0v) is 13.1. The second-order valence-electron chi connectivity index (χ2n) is 5.15. The van der Waals surface area contributed by atoms with Crippen molar-refractivity contribution in [2.45, 2.75) is 25.7 Å². The minimum Gasteiger partial charge on any atom is -0.465 e. The first-order valence-corrected chi connectivity index (χ1v) is 7.86. The van der Waals surface area contributed by atoms with Gasteiger partial charge in [0.05, 0.1) is 18.4 Å². The van der Waals surface area contributed by atoms with Gasteiger partial charge in [-0.1, -0.05) is 12.8 Å². The molecule has 0 aromatic carbocycles. The van der Waals surface area contributed by atoms with Crippen molar-refractivity contribution in [2.24, 2.45) is 5.92 Å². The molecule has 0 atom stereocenters. The topological polar surface area (TPSA) is 93.5 Å². The summed E-state index contributed by atoms with van der Waals surface area (Å²) in [7, 11) is 2.84. The van der Waals surface area contributed by atoms with Crippen molar-refractivity contribution < 1.29 is 14.3 Å². The number of amides is 1. The van der Waals surface area contributed by atoms with Crippen LogP contribution in [-0.2, 0) is 4.74 Å². The molecule has 116 valence electrons. The highest BCUT2D eigenvalue weighted by Gasteiger charge is 2.26. The quantitative estimate of drug-likeness (QED) is 0.724. The van der Waals surface area contributed by atoms with E-state index in [1.54, 1.807) is 0 Å². The Morgan fingerprint density at radius 1 is 1.38 bits per heavy atom. The fraction of sp³-hybridized carbons (Fsp3) is 0.571. The average Bonchev–Trinajstić information content (AvgIpc) is 3.11. The van der Waals surface area contributed by atoms with Crippen LogP contribution in [0.4, 0.5) is 10.7 Å². The molecule has 1 aliphatic rings. The fourth-order valence-electron chi connectivity index (χ4n) is 2.61. The maximum atomic E-state index is 12.0. The third-order valence-corrected chi connectivity index (χ3v) is 4.94. The van der Waals surface area contributed by atoms with Crippen LogP contribution in [0.15, 0.2) is 0 Å². The Morgan fingerprint density at radius 2 is 2.05 bits per heavy atom. The minimum atomic E-state index is -0.517. The van der Waals surface area contributed by atoms with Gasteiger partial charge in [-0.05, 0) is 18.8 Å². The van der Waals surface area contributed by atoms with E-state index >= 15 is 0 Å². The molecule has 1 amide bonds. The van der Waals surface area contributed by atoms with E-state index in [1.807, 2.05) is 0 Å². The maximum absolute atomic E-state index is 12.0. The zero-order chi connectivity index (χ0) is 15.4. The summed E-state index contributed by atoms with van der Waals surface area (Å²) in [6, 6.07) is 0. The number of esters is 1. The van der Waals surface area contributed by atoms with Crippen LogP contribution >= 0.6 is 11.3 Å². The summed E-state index contributed by atoms with van der Waals surface area (Å²) < 4.78 is 4.71. The first kappa shape index (κ1) is 15.6. The first-order valence-electron chi connectivity index (χ1n) is 7.05. The van der Waals surface area contributed by atoms with Crippen molar-refractivity contribution >= 4 is 33.9 Å². The molecule has 2 rings (SSSR count). The third-order valence-electron chi connectivity index (χ3n) is 3.80. The molecule has 0 saturated heterocycles. The highest BCUT2D eigenvalue weighted by atomic mass is 32.1.